The molecule has 0 saturated carbocycles. The normalized spacial score (nSPS) is 16.0. The van der Waals surface area contributed by atoms with E-state index < -0.39 is 0 Å². The average Bonchev–Trinajstić information content (AvgIpc) is 2.52. The fraction of sp³-hybridized carbons (Fsp3) is 0.625. The van der Waals surface area contributed by atoms with E-state index in [0.717, 1.165) is 50.5 Å². The molecule has 0 aromatic heterocycles. The summed E-state index contributed by atoms with van der Waals surface area (Å²) in [5.74, 6) is 2.04. The van der Waals surface area contributed by atoms with Gasteiger partial charge in [-0.2, -0.15) is 0 Å². The number of hydrogen-bond donors (Lipinski definition) is 1. The lowest BCUT2D eigenvalue weighted by Crippen LogP contribution is -2.22. The van der Waals surface area contributed by atoms with Crippen LogP contribution in [0.2, 0.25) is 5.02 Å². The van der Waals surface area contributed by atoms with Crippen molar-refractivity contribution in [3.63, 3.8) is 0 Å². The third-order valence-electron chi connectivity index (χ3n) is 3.69. The van der Waals surface area contributed by atoms with Gasteiger partial charge in [-0.15, -0.1) is 0 Å². The highest BCUT2D eigenvalue weighted by atomic mass is 35.5. The van der Waals surface area contributed by atoms with Crippen LogP contribution in [-0.4, -0.2) is 33.5 Å². The van der Waals surface area contributed by atoms with E-state index in [2.05, 4.69) is 12.2 Å². The number of ether oxygens (including phenoxy) is 3. The van der Waals surface area contributed by atoms with E-state index >= 15 is 0 Å². The molecule has 0 radical (unpaired) electrons. The summed E-state index contributed by atoms with van der Waals surface area (Å²) in [4.78, 5) is 0. The van der Waals surface area contributed by atoms with Gasteiger partial charge in [-0.05, 0) is 31.4 Å². The van der Waals surface area contributed by atoms with Crippen molar-refractivity contribution in [2.24, 2.45) is 5.92 Å². The number of hydrogen-bond acceptors (Lipinski definition) is 4. The molecule has 1 fully saturated rings. The zero-order valence-electron chi connectivity index (χ0n) is 12.8. The van der Waals surface area contributed by atoms with E-state index in [0.29, 0.717) is 23.3 Å². The maximum Gasteiger partial charge on any atom is 0.165 e. The van der Waals surface area contributed by atoms with Gasteiger partial charge in [0.05, 0.1) is 13.7 Å². The highest BCUT2D eigenvalue weighted by molar-refractivity contribution is 6.30. The Labute approximate surface area is 131 Å². The SMILES string of the molecule is CCNCc1cc(Cl)cc(OC)c1OCC1CCOCC1. The van der Waals surface area contributed by atoms with Gasteiger partial charge >= 0.3 is 0 Å². The Balaban J connectivity index is 2.10. The van der Waals surface area contributed by atoms with Crippen molar-refractivity contribution in [1.82, 2.24) is 5.32 Å². The molecule has 1 aromatic rings. The fourth-order valence-corrected chi connectivity index (χ4v) is 2.67. The van der Waals surface area contributed by atoms with Crippen LogP contribution in [0.25, 0.3) is 0 Å². The molecule has 1 aromatic carbocycles. The van der Waals surface area contributed by atoms with Crippen LogP contribution in [0.3, 0.4) is 0 Å². The molecule has 0 bridgehead atoms. The van der Waals surface area contributed by atoms with E-state index in [1.54, 1.807) is 13.2 Å². The summed E-state index contributed by atoms with van der Waals surface area (Å²) in [5.41, 5.74) is 1.04. The third-order valence-corrected chi connectivity index (χ3v) is 3.90. The van der Waals surface area contributed by atoms with Crippen molar-refractivity contribution in [2.75, 3.05) is 33.5 Å². The molecule has 1 N–H and O–H groups in total. The van der Waals surface area contributed by atoms with Crippen LogP contribution in [0, 0.1) is 5.92 Å². The van der Waals surface area contributed by atoms with Crippen molar-refractivity contribution < 1.29 is 14.2 Å². The molecule has 0 aliphatic carbocycles. The Morgan fingerprint density at radius 1 is 1.33 bits per heavy atom. The second-order valence-corrected chi connectivity index (χ2v) is 5.68. The Kier molecular flexibility index (Phi) is 6.61. The summed E-state index contributed by atoms with van der Waals surface area (Å²) in [6, 6.07) is 3.74. The Bertz CT molecular complexity index is 447. The fourth-order valence-electron chi connectivity index (χ4n) is 2.44. The molecule has 21 heavy (non-hydrogen) atoms. The van der Waals surface area contributed by atoms with Gasteiger partial charge in [-0.3, -0.25) is 0 Å². The first-order valence-electron chi connectivity index (χ1n) is 7.52. The smallest absolute Gasteiger partial charge is 0.165 e. The molecule has 0 amide bonds. The summed E-state index contributed by atoms with van der Waals surface area (Å²) in [6.07, 6.45) is 2.11. The lowest BCUT2D eigenvalue weighted by Gasteiger charge is -2.23. The topological polar surface area (TPSA) is 39.7 Å². The van der Waals surface area contributed by atoms with Crippen LogP contribution < -0.4 is 14.8 Å². The minimum Gasteiger partial charge on any atom is -0.493 e. The van der Waals surface area contributed by atoms with Gasteiger partial charge in [0, 0.05) is 36.4 Å². The van der Waals surface area contributed by atoms with Gasteiger partial charge in [0.1, 0.15) is 0 Å². The molecule has 5 heteroatoms. The van der Waals surface area contributed by atoms with E-state index in [-0.39, 0.29) is 0 Å². The van der Waals surface area contributed by atoms with Gasteiger partial charge in [-0.1, -0.05) is 18.5 Å². The van der Waals surface area contributed by atoms with Crippen LogP contribution in [0.4, 0.5) is 0 Å². The van der Waals surface area contributed by atoms with Crippen molar-refractivity contribution in [3.8, 4) is 11.5 Å². The number of nitrogens with one attached hydrogen (secondary N) is 1. The van der Waals surface area contributed by atoms with E-state index in [9.17, 15) is 0 Å². The zero-order chi connectivity index (χ0) is 15.1. The van der Waals surface area contributed by atoms with Crippen LogP contribution in [0.5, 0.6) is 11.5 Å². The van der Waals surface area contributed by atoms with Crippen molar-refractivity contribution >= 4 is 11.6 Å². The maximum atomic E-state index is 6.15. The highest BCUT2D eigenvalue weighted by Crippen LogP contribution is 2.35. The molecule has 2 rings (SSSR count). The summed E-state index contributed by atoms with van der Waals surface area (Å²) < 4.78 is 16.9. The van der Waals surface area contributed by atoms with Crippen molar-refractivity contribution in [1.29, 1.82) is 0 Å². The minimum absolute atomic E-state index is 0.547. The Morgan fingerprint density at radius 3 is 2.76 bits per heavy atom. The van der Waals surface area contributed by atoms with Crippen LogP contribution in [-0.2, 0) is 11.3 Å². The molecule has 1 aliphatic heterocycles. The van der Waals surface area contributed by atoms with Crippen molar-refractivity contribution in [3.05, 3.63) is 22.7 Å². The molecular weight excluding hydrogens is 290 g/mol. The van der Waals surface area contributed by atoms with E-state index in [4.69, 9.17) is 25.8 Å². The molecular formula is C16H24ClNO3. The standard InChI is InChI=1S/C16H24ClNO3/c1-3-18-10-13-8-14(17)9-15(19-2)16(13)21-11-12-4-6-20-7-5-12/h8-9,12,18H,3-7,10-11H2,1-2H3. The predicted molar refractivity (Wildman–Crippen MR) is 84.4 cm³/mol. The number of rotatable bonds is 7. The van der Waals surface area contributed by atoms with Gasteiger partial charge in [0.2, 0.25) is 0 Å². The summed E-state index contributed by atoms with van der Waals surface area (Å²) in [7, 11) is 1.64. The number of methoxy groups -OCH3 is 1. The van der Waals surface area contributed by atoms with Crippen LogP contribution in [0.15, 0.2) is 12.1 Å². The monoisotopic (exact) mass is 313 g/mol. The summed E-state index contributed by atoms with van der Waals surface area (Å²) >= 11 is 6.15. The Hall–Kier alpha value is -0.970. The zero-order valence-corrected chi connectivity index (χ0v) is 13.5. The molecule has 118 valence electrons. The molecule has 0 spiro atoms. The quantitative estimate of drug-likeness (QED) is 0.838. The van der Waals surface area contributed by atoms with Gasteiger partial charge in [-0.25, -0.2) is 0 Å². The molecule has 0 atom stereocenters. The Morgan fingerprint density at radius 2 is 2.10 bits per heavy atom. The average molecular weight is 314 g/mol. The van der Waals surface area contributed by atoms with E-state index in [1.165, 1.54) is 0 Å². The predicted octanol–water partition coefficient (Wildman–Crippen LogP) is 3.26. The second kappa shape index (κ2) is 8.47. The third kappa shape index (κ3) is 4.77. The molecule has 4 nitrogen and oxygen atoms in total. The van der Waals surface area contributed by atoms with Crippen molar-refractivity contribution in [2.45, 2.75) is 26.3 Å². The van der Waals surface area contributed by atoms with Gasteiger partial charge in [0.25, 0.3) is 0 Å². The van der Waals surface area contributed by atoms with Gasteiger partial charge < -0.3 is 19.5 Å². The summed E-state index contributed by atoms with van der Waals surface area (Å²) in [6.45, 7) is 6.04. The maximum absolute atomic E-state index is 6.15. The number of halogens is 1. The second-order valence-electron chi connectivity index (χ2n) is 5.24. The largest absolute Gasteiger partial charge is 0.493 e. The first kappa shape index (κ1) is 16.4. The van der Waals surface area contributed by atoms with Crippen LogP contribution in [0.1, 0.15) is 25.3 Å². The molecule has 1 saturated heterocycles. The summed E-state index contributed by atoms with van der Waals surface area (Å²) in [5, 5.41) is 3.97. The van der Waals surface area contributed by atoms with Crippen LogP contribution >= 0.6 is 11.6 Å². The number of benzene rings is 1. The molecule has 0 unspecified atom stereocenters. The highest BCUT2D eigenvalue weighted by Gasteiger charge is 2.18. The lowest BCUT2D eigenvalue weighted by molar-refractivity contribution is 0.0492. The van der Waals surface area contributed by atoms with Gasteiger partial charge in [0.15, 0.2) is 11.5 Å². The first-order valence-corrected chi connectivity index (χ1v) is 7.90. The molecule has 1 heterocycles. The molecule has 1 aliphatic rings. The minimum atomic E-state index is 0.547. The van der Waals surface area contributed by atoms with E-state index in [1.807, 2.05) is 6.07 Å². The first-order chi connectivity index (χ1) is 10.2. The lowest BCUT2D eigenvalue weighted by atomic mass is 10.0.